The number of methoxy groups -OCH3 is 1. The van der Waals surface area contributed by atoms with Gasteiger partial charge in [0.05, 0.1) is 19.3 Å². The molecule has 0 saturated carbocycles. The maximum Gasteiger partial charge on any atom is 0.253 e. The molecule has 0 atom stereocenters. The lowest BCUT2D eigenvalue weighted by Gasteiger charge is -2.44. The van der Waals surface area contributed by atoms with Crippen LogP contribution in [-0.2, 0) is 11.3 Å². The zero-order chi connectivity index (χ0) is 19.6. The van der Waals surface area contributed by atoms with E-state index >= 15 is 0 Å². The van der Waals surface area contributed by atoms with Gasteiger partial charge in [0.2, 0.25) is 5.91 Å². The normalized spacial score (nSPS) is 18.5. The van der Waals surface area contributed by atoms with Crippen molar-refractivity contribution in [3.05, 3.63) is 65.7 Å². The number of hydrogen-bond acceptors (Lipinski definition) is 4. The van der Waals surface area contributed by atoms with E-state index in [-0.39, 0.29) is 17.5 Å². The minimum absolute atomic E-state index is 0.0245. The summed E-state index contributed by atoms with van der Waals surface area (Å²) in [5, 5.41) is 3.43. The molecule has 6 heteroatoms. The number of benzene rings is 2. The van der Waals surface area contributed by atoms with Crippen molar-refractivity contribution in [3.8, 4) is 5.75 Å². The van der Waals surface area contributed by atoms with Gasteiger partial charge in [0.25, 0.3) is 5.91 Å². The average Bonchev–Trinajstić information content (AvgIpc) is 3.04. The first-order chi connectivity index (χ1) is 13.6. The van der Waals surface area contributed by atoms with Gasteiger partial charge >= 0.3 is 0 Å². The summed E-state index contributed by atoms with van der Waals surface area (Å²) in [5.74, 6) is 0.884. The molecule has 2 aromatic carbocycles. The summed E-state index contributed by atoms with van der Waals surface area (Å²) in [7, 11) is 1.61. The number of carbonyl (C=O) groups excluding carboxylic acids is 2. The maximum absolute atomic E-state index is 12.8. The van der Waals surface area contributed by atoms with E-state index in [0.29, 0.717) is 31.7 Å². The summed E-state index contributed by atoms with van der Waals surface area (Å²) in [6.07, 6.45) is 1.46. The molecule has 2 saturated heterocycles. The third kappa shape index (κ3) is 3.47. The molecule has 1 N–H and O–H groups in total. The van der Waals surface area contributed by atoms with Crippen molar-refractivity contribution >= 4 is 11.8 Å². The van der Waals surface area contributed by atoms with Crippen LogP contribution in [0.25, 0.3) is 0 Å². The Labute approximate surface area is 165 Å². The molecule has 2 aromatic rings. The number of nitrogens with one attached hydrogen (secondary N) is 1. The van der Waals surface area contributed by atoms with Crippen LogP contribution in [0, 0.1) is 0 Å². The van der Waals surface area contributed by atoms with Crippen molar-refractivity contribution in [3.63, 3.8) is 0 Å². The summed E-state index contributed by atoms with van der Waals surface area (Å²) in [4.78, 5) is 29.2. The van der Waals surface area contributed by atoms with Crippen LogP contribution in [0.1, 0.15) is 28.8 Å². The molecule has 2 heterocycles. The molecule has 2 fully saturated rings. The predicted molar refractivity (Wildman–Crippen MR) is 106 cm³/mol. The number of rotatable bonds is 4. The fourth-order valence-electron chi connectivity index (χ4n) is 4.12. The van der Waals surface area contributed by atoms with Crippen LogP contribution >= 0.6 is 0 Å². The number of likely N-dealkylation sites (tertiary alicyclic amines) is 1. The lowest BCUT2D eigenvalue weighted by molar-refractivity contribution is -0.132. The first-order valence-electron chi connectivity index (χ1n) is 9.64. The van der Waals surface area contributed by atoms with Crippen molar-refractivity contribution in [1.82, 2.24) is 15.1 Å². The van der Waals surface area contributed by atoms with Gasteiger partial charge in [-0.3, -0.25) is 14.9 Å². The van der Waals surface area contributed by atoms with Gasteiger partial charge in [-0.05, 0) is 29.8 Å². The lowest BCUT2D eigenvalue weighted by Crippen LogP contribution is -2.58. The molecule has 1 spiro atoms. The highest BCUT2D eigenvalue weighted by Crippen LogP contribution is 2.32. The second-order valence-corrected chi connectivity index (χ2v) is 7.37. The zero-order valence-electron chi connectivity index (χ0n) is 16.1. The number of amides is 2. The number of piperidine rings is 1. The van der Waals surface area contributed by atoms with Crippen molar-refractivity contribution < 1.29 is 14.3 Å². The largest absolute Gasteiger partial charge is 0.497 e. The molecule has 2 aliphatic rings. The Bertz CT molecular complexity index is 843. The summed E-state index contributed by atoms with van der Waals surface area (Å²) < 4.78 is 5.16. The van der Waals surface area contributed by atoms with E-state index < -0.39 is 0 Å². The van der Waals surface area contributed by atoms with E-state index in [2.05, 4.69) is 5.32 Å². The number of ether oxygens (including phenoxy) is 1. The summed E-state index contributed by atoms with van der Waals surface area (Å²) in [5.41, 5.74) is 1.42. The van der Waals surface area contributed by atoms with E-state index in [1.54, 1.807) is 31.4 Å². The third-order valence-corrected chi connectivity index (χ3v) is 5.78. The zero-order valence-corrected chi connectivity index (χ0v) is 16.1. The quantitative estimate of drug-likeness (QED) is 0.885. The Hall–Kier alpha value is -2.86. The van der Waals surface area contributed by atoms with Gasteiger partial charge in [0.15, 0.2) is 0 Å². The molecule has 0 aromatic heterocycles. The number of carbonyl (C=O) groups is 2. The number of hydrogen-bond donors (Lipinski definition) is 1. The average molecular weight is 379 g/mol. The highest BCUT2D eigenvalue weighted by Gasteiger charge is 2.47. The predicted octanol–water partition coefficient (Wildman–Crippen LogP) is 2.26. The smallest absolute Gasteiger partial charge is 0.253 e. The van der Waals surface area contributed by atoms with Gasteiger partial charge in [0.1, 0.15) is 5.75 Å². The Morgan fingerprint density at radius 3 is 2.39 bits per heavy atom. The van der Waals surface area contributed by atoms with Gasteiger partial charge in [-0.15, -0.1) is 0 Å². The molecule has 6 nitrogen and oxygen atoms in total. The van der Waals surface area contributed by atoms with Gasteiger partial charge in [-0.25, -0.2) is 0 Å². The summed E-state index contributed by atoms with van der Waals surface area (Å²) >= 11 is 0. The van der Waals surface area contributed by atoms with Crippen LogP contribution in [0.4, 0.5) is 0 Å². The van der Waals surface area contributed by atoms with Gasteiger partial charge in [-0.2, -0.15) is 0 Å². The molecule has 28 heavy (non-hydrogen) atoms. The highest BCUT2D eigenvalue weighted by molar-refractivity contribution is 5.94. The van der Waals surface area contributed by atoms with Crippen molar-refractivity contribution in [1.29, 1.82) is 0 Å². The minimum atomic E-state index is -0.358. The summed E-state index contributed by atoms with van der Waals surface area (Å²) in [6.45, 7) is 2.20. The monoisotopic (exact) mass is 379 g/mol. The van der Waals surface area contributed by atoms with Crippen LogP contribution in [-0.4, -0.2) is 54.0 Å². The molecular weight excluding hydrogens is 354 g/mol. The maximum atomic E-state index is 12.8. The first kappa shape index (κ1) is 18.5. The van der Waals surface area contributed by atoms with Crippen LogP contribution in [0.2, 0.25) is 0 Å². The summed E-state index contributed by atoms with van der Waals surface area (Å²) in [6, 6.07) is 17.2. The third-order valence-electron chi connectivity index (χ3n) is 5.78. The Morgan fingerprint density at radius 1 is 1.07 bits per heavy atom. The molecule has 0 unspecified atom stereocenters. The molecule has 4 rings (SSSR count). The topological polar surface area (TPSA) is 61.9 Å². The second-order valence-electron chi connectivity index (χ2n) is 7.37. The van der Waals surface area contributed by atoms with Crippen LogP contribution in [0.15, 0.2) is 54.6 Å². The van der Waals surface area contributed by atoms with Gasteiger partial charge in [-0.1, -0.05) is 30.3 Å². The molecule has 0 bridgehead atoms. The molecular formula is C22H25N3O3. The minimum Gasteiger partial charge on any atom is -0.497 e. The second kappa shape index (κ2) is 7.64. The molecule has 0 aliphatic carbocycles. The van der Waals surface area contributed by atoms with E-state index in [1.807, 2.05) is 40.1 Å². The van der Waals surface area contributed by atoms with Crippen LogP contribution in [0.5, 0.6) is 5.75 Å². The van der Waals surface area contributed by atoms with Crippen molar-refractivity contribution in [2.75, 3.05) is 26.7 Å². The van der Waals surface area contributed by atoms with E-state index in [4.69, 9.17) is 4.74 Å². The molecule has 0 radical (unpaired) electrons. The Morgan fingerprint density at radius 2 is 1.75 bits per heavy atom. The van der Waals surface area contributed by atoms with E-state index in [0.717, 1.165) is 24.2 Å². The van der Waals surface area contributed by atoms with Crippen molar-refractivity contribution in [2.24, 2.45) is 0 Å². The highest BCUT2D eigenvalue weighted by atomic mass is 16.5. The van der Waals surface area contributed by atoms with Gasteiger partial charge < -0.3 is 14.5 Å². The van der Waals surface area contributed by atoms with E-state index in [9.17, 15) is 9.59 Å². The first-order valence-corrected chi connectivity index (χ1v) is 9.64. The van der Waals surface area contributed by atoms with E-state index in [1.165, 1.54) is 0 Å². The molecule has 2 aliphatic heterocycles. The molecule has 2 amide bonds. The number of nitrogens with zero attached hydrogens (tertiary/aromatic N) is 2. The van der Waals surface area contributed by atoms with Crippen LogP contribution < -0.4 is 10.1 Å². The fourth-order valence-corrected chi connectivity index (χ4v) is 4.12. The Balaban J connectivity index is 1.44. The van der Waals surface area contributed by atoms with Gasteiger partial charge in [0, 0.05) is 38.0 Å². The molecule has 146 valence electrons. The standard InChI is InChI=1S/C22H25N3O3/c1-28-19-9-7-18(8-10-19)21(27)24-13-11-22(12-14-24)23-15-20(26)25(22)16-17-5-3-2-4-6-17/h2-10,23H,11-16H2,1H3. The fraction of sp³-hybridized carbons (Fsp3) is 0.364. The Kier molecular flexibility index (Phi) is 5.05. The van der Waals surface area contributed by atoms with Crippen LogP contribution in [0.3, 0.4) is 0 Å². The van der Waals surface area contributed by atoms with Crippen molar-refractivity contribution in [2.45, 2.75) is 25.0 Å². The lowest BCUT2D eigenvalue weighted by atomic mass is 9.95. The SMILES string of the molecule is COc1ccc(C(=O)N2CCC3(CC2)NCC(=O)N3Cc2ccccc2)cc1.